The maximum atomic E-state index is 11.9. The summed E-state index contributed by atoms with van der Waals surface area (Å²) in [5, 5.41) is 7.12. The molecule has 0 aromatic carbocycles. The maximum absolute atomic E-state index is 11.9. The number of hydrogen-bond donors (Lipinski definition) is 3. The molecule has 0 radical (unpaired) electrons. The summed E-state index contributed by atoms with van der Waals surface area (Å²) in [5.41, 5.74) is 5.24. The Morgan fingerprint density at radius 1 is 1.56 bits per heavy atom. The summed E-state index contributed by atoms with van der Waals surface area (Å²) < 4.78 is 27.9. The number of hydrogen-bond acceptors (Lipinski definition) is 3. The van der Waals surface area contributed by atoms with Crippen LogP contribution in [0.3, 0.4) is 0 Å². The molecule has 6 nitrogen and oxygen atoms in total. The van der Waals surface area contributed by atoms with Gasteiger partial charge in [-0.3, -0.25) is 5.41 Å². The van der Waals surface area contributed by atoms with Gasteiger partial charge in [-0.1, -0.05) is 0 Å². The quantitative estimate of drug-likeness (QED) is 0.437. The molecule has 7 heteroatoms. The first-order valence-corrected chi connectivity index (χ1v) is 6.89. The van der Waals surface area contributed by atoms with Gasteiger partial charge in [0.25, 0.3) is 10.2 Å². The Bertz CT molecular complexity index is 349. The molecule has 1 rings (SSSR count). The second-order valence-corrected chi connectivity index (χ2v) is 6.03. The van der Waals surface area contributed by atoms with E-state index in [9.17, 15) is 8.42 Å². The van der Waals surface area contributed by atoms with Gasteiger partial charge >= 0.3 is 0 Å². The number of nitrogens with zero attached hydrogens (tertiary/aromatic N) is 1. The SMILES string of the molecule is CC(C)N(CCC(=N)N)S(=O)(=O)NC1CC1. The molecule has 1 saturated carbocycles. The molecule has 0 saturated heterocycles. The zero-order chi connectivity index (χ0) is 12.3. The van der Waals surface area contributed by atoms with Crippen LogP contribution in [-0.4, -0.2) is 37.2 Å². The second-order valence-electron chi connectivity index (χ2n) is 4.38. The van der Waals surface area contributed by atoms with Crippen LogP contribution < -0.4 is 10.5 Å². The Kier molecular flexibility index (Phi) is 4.28. The molecular formula is C9H20N4O2S. The van der Waals surface area contributed by atoms with Crippen LogP contribution in [0.15, 0.2) is 0 Å². The third kappa shape index (κ3) is 4.07. The van der Waals surface area contributed by atoms with E-state index < -0.39 is 10.2 Å². The van der Waals surface area contributed by atoms with Crippen LogP contribution in [-0.2, 0) is 10.2 Å². The van der Waals surface area contributed by atoms with Crippen molar-refractivity contribution in [3.05, 3.63) is 0 Å². The lowest BCUT2D eigenvalue weighted by molar-refractivity contribution is 0.355. The van der Waals surface area contributed by atoms with Crippen molar-refractivity contribution in [3.63, 3.8) is 0 Å². The summed E-state index contributed by atoms with van der Waals surface area (Å²) >= 11 is 0. The Labute approximate surface area is 96.9 Å². The van der Waals surface area contributed by atoms with Gasteiger partial charge in [-0.2, -0.15) is 17.4 Å². The molecule has 0 aromatic rings. The van der Waals surface area contributed by atoms with Crippen molar-refractivity contribution in [1.29, 1.82) is 5.41 Å². The molecule has 0 unspecified atom stereocenters. The highest BCUT2D eigenvalue weighted by Gasteiger charge is 2.32. The number of amidine groups is 1. The fourth-order valence-electron chi connectivity index (χ4n) is 1.37. The molecule has 0 amide bonds. The Hall–Kier alpha value is -0.660. The minimum Gasteiger partial charge on any atom is -0.388 e. The molecule has 4 N–H and O–H groups in total. The average molecular weight is 248 g/mol. The van der Waals surface area contributed by atoms with E-state index in [4.69, 9.17) is 11.1 Å². The third-order valence-corrected chi connectivity index (χ3v) is 4.23. The van der Waals surface area contributed by atoms with Crippen LogP contribution in [0.25, 0.3) is 0 Å². The van der Waals surface area contributed by atoms with E-state index in [-0.39, 0.29) is 30.9 Å². The first-order valence-electron chi connectivity index (χ1n) is 5.45. The first-order chi connectivity index (χ1) is 7.33. The van der Waals surface area contributed by atoms with Crippen LogP contribution in [0.5, 0.6) is 0 Å². The molecule has 0 heterocycles. The van der Waals surface area contributed by atoms with Gasteiger partial charge in [0.1, 0.15) is 0 Å². The summed E-state index contributed by atoms with van der Waals surface area (Å²) in [6.07, 6.45) is 2.10. The standard InChI is InChI=1S/C9H20N4O2S/c1-7(2)13(6-5-9(10)11)16(14,15)12-8-3-4-8/h7-8,12H,3-6H2,1-2H3,(H3,10,11). The predicted molar refractivity (Wildman–Crippen MR) is 63.5 cm³/mol. The zero-order valence-corrected chi connectivity index (χ0v) is 10.5. The van der Waals surface area contributed by atoms with E-state index in [1.807, 2.05) is 13.8 Å². The summed E-state index contributed by atoms with van der Waals surface area (Å²) in [5.74, 6) is 0.00673. The van der Waals surface area contributed by atoms with Gasteiger partial charge in [0.05, 0.1) is 5.84 Å². The molecular weight excluding hydrogens is 228 g/mol. The van der Waals surface area contributed by atoms with Crippen LogP contribution in [0.2, 0.25) is 0 Å². The maximum Gasteiger partial charge on any atom is 0.279 e. The monoisotopic (exact) mass is 248 g/mol. The van der Waals surface area contributed by atoms with Crippen molar-refractivity contribution in [3.8, 4) is 0 Å². The number of rotatable bonds is 7. The number of nitrogens with one attached hydrogen (secondary N) is 2. The molecule has 0 bridgehead atoms. The predicted octanol–water partition coefficient (Wildman–Crippen LogP) is 0.0197. The highest BCUT2D eigenvalue weighted by atomic mass is 32.2. The molecule has 0 spiro atoms. The van der Waals surface area contributed by atoms with E-state index >= 15 is 0 Å². The summed E-state index contributed by atoms with van der Waals surface area (Å²) in [6, 6.07) is -0.0285. The van der Waals surface area contributed by atoms with E-state index in [0.717, 1.165) is 12.8 Å². The van der Waals surface area contributed by atoms with Gasteiger partial charge in [-0.15, -0.1) is 0 Å². The summed E-state index contributed by atoms with van der Waals surface area (Å²) in [4.78, 5) is 0. The van der Waals surface area contributed by atoms with Crippen molar-refractivity contribution in [2.75, 3.05) is 6.54 Å². The third-order valence-electron chi connectivity index (χ3n) is 2.38. The van der Waals surface area contributed by atoms with Crippen molar-refractivity contribution < 1.29 is 8.42 Å². The normalized spacial score (nSPS) is 17.0. The van der Waals surface area contributed by atoms with Crippen LogP contribution in [0.1, 0.15) is 33.1 Å². The molecule has 16 heavy (non-hydrogen) atoms. The topological polar surface area (TPSA) is 99.3 Å². The lowest BCUT2D eigenvalue weighted by atomic mass is 10.3. The fraction of sp³-hybridized carbons (Fsp3) is 0.889. The first kappa shape index (κ1) is 13.4. The highest BCUT2D eigenvalue weighted by Crippen LogP contribution is 2.21. The van der Waals surface area contributed by atoms with Gasteiger partial charge in [0.15, 0.2) is 0 Å². The largest absolute Gasteiger partial charge is 0.388 e. The smallest absolute Gasteiger partial charge is 0.279 e. The van der Waals surface area contributed by atoms with Crippen LogP contribution in [0.4, 0.5) is 0 Å². The van der Waals surface area contributed by atoms with E-state index in [1.165, 1.54) is 4.31 Å². The minimum absolute atomic E-state index is 0.00673. The summed E-state index contributed by atoms with van der Waals surface area (Å²) in [7, 11) is -3.42. The van der Waals surface area contributed by atoms with E-state index in [2.05, 4.69) is 4.72 Å². The molecule has 94 valence electrons. The van der Waals surface area contributed by atoms with Gasteiger partial charge in [0.2, 0.25) is 0 Å². The minimum atomic E-state index is -3.42. The Morgan fingerprint density at radius 2 is 2.12 bits per heavy atom. The Balaban J connectivity index is 2.63. The molecule has 1 aliphatic rings. The lowest BCUT2D eigenvalue weighted by Crippen LogP contribution is -2.46. The Morgan fingerprint density at radius 3 is 2.50 bits per heavy atom. The zero-order valence-electron chi connectivity index (χ0n) is 9.73. The molecule has 1 fully saturated rings. The number of nitrogens with two attached hydrogens (primary N) is 1. The van der Waals surface area contributed by atoms with Crippen molar-refractivity contribution in [2.45, 2.75) is 45.2 Å². The molecule has 0 aliphatic heterocycles. The van der Waals surface area contributed by atoms with Crippen molar-refractivity contribution in [2.24, 2.45) is 5.73 Å². The fourth-order valence-corrected chi connectivity index (χ4v) is 3.05. The van der Waals surface area contributed by atoms with Crippen molar-refractivity contribution in [1.82, 2.24) is 9.03 Å². The molecule has 0 aromatic heterocycles. The lowest BCUT2D eigenvalue weighted by Gasteiger charge is -2.25. The highest BCUT2D eigenvalue weighted by molar-refractivity contribution is 7.87. The van der Waals surface area contributed by atoms with E-state index in [0.29, 0.717) is 0 Å². The van der Waals surface area contributed by atoms with Gasteiger partial charge in [0, 0.05) is 25.0 Å². The van der Waals surface area contributed by atoms with Crippen LogP contribution >= 0.6 is 0 Å². The van der Waals surface area contributed by atoms with Gasteiger partial charge in [-0.05, 0) is 26.7 Å². The van der Waals surface area contributed by atoms with Gasteiger partial charge in [-0.25, -0.2) is 0 Å². The molecule has 1 aliphatic carbocycles. The van der Waals surface area contributed by atoms with Crippen molar-refractivity contribution >= 4 is 16.0 Å². The van der Waals surface area contributed by atoms with Gasteiger partial charge < -0.3 is 5.73 Å². The molecule has 0 atom stereocenters. The summed E-state index contributed by atoms with van der Waals surface area (Å²) in [6.45, 7) is 3.88. The second kappa shape index (κ2) is 5.11. The van der Waals surface area contributed by atoms with Crippen LogP contribution in [0, 0.1) is 5.41 Å². The average Bonchev–Trinajstić information content (AvgIpc) is 2.85. The van der Waals surface area contributed by atoms with E-state index in [1.54, 1.807) is 0 Å².